The number of allylic oxidation sites excluding steroid dienone is 16. The van der Waals surface area contributed by atoms with Crippen molar-refractivity contribution in [3.05, 3.63) is 97.2 Å². The predicted molar refractivity (Wildman–Crippen MR) is 344 cm³/mol. The first kappa shape index (κ1) is 75.3. The molecule has 0 fully saturated rings. The largest absolute Gasteiger partial charge is 0.462 e. The van der Waals surface area contributed by atoms with Gasteiger partial charge >= 0.3 is 17.9 Å². The van der Waals surface area contributed by atoms with Crippen molar-refractivity contribution in [2.24, 2.45) is 0 Å². The van der Waals surface area contributed by atoms with Gasteiger partial charge in [0.05, 0.1) is 0 Å². The molecule has 1 unspecified atom stereocenters. The third-order valence-corrected chi connectivity index (χ3v) is 14.6. The van der Waals surface area contributed by atoms with E-state index in [0.29, 0.717) is 19.3 Å². The number of esters is 3. The van der Waals surface area contributed by atoms with E-state index in [1.54, 1.807) is 0 Å². The number of carbonyl (C=O) groups is 3. The minimum atomic E-state index is -0.789. The molecule has 0 aromatic carbocycles. The Labute approximate surface area is 489 Å². The molecule has 0 saturated carbocycles. The zero-order valence-corrected chi connectivity index (χ0v) is 52.1. The molecule has 0 heterocycles. The summed E-state index contributed by atoms with van der Waals surface area (Å²) < 4.78 is 16.9. The summed E-state index contributed by atoms with van der Waals surface area (Å²) in [6.45, 7) is 6.43. The SMILES string of the molecule is CC/C=C\C/C=C\C/C=C\C/C=C\C/C=C\CCCCCCCCCCCCCCCC(=O)OCC(COC(=O)CCCCC/C=C\C/C=C\C/C=C\CC)OC(=O)CCCCCCCCCCCCCCCCCCCCC. The van der Waals surface area contributed by atoms with Crippen LogP contribution in [0.4, 0.5) is 0 Å². The molecule has 0 spiro atoms. The van der Waals surface area contributed by atoms with E-state index in [1.807, 2.05) is 0 Å². The van der Waals surface area contributed by atoms with Gasteiger partial charge in [0, 0.05) is 19.3 Å². The third kappa shape index (κ3) is 65.0. The highest BCUT2D eigenvalue weighted by Gasteiger charge is 2.19. The molecule has 0 aromatic heterocycles. The summed E-state index contributed by atoms with van der Waals surface area (Å²) in [6, 6.07) is 0. The minimum absolute atomic E-state index is 0.0842. The van der Waals surface area contributed by atoms with Crippen LogP contribution in [0.1, 0.15) is 329 Å². The second-order valence-corrected chi connectivity index (χ2v) is 22.3. The second kappa shape index (κ2) is 66.8. The van der Waals surface area contributed by atoms with Gasteiger partial charge in [-0.15, -0.1) is 0 Å². The number of rotatable bonds is 61. The molecule has 0 N–H and O–H groups in total. The highest BCUT2D eigenvalue weighted by Crippen LogP contribution is 2.17. The van der Waals surface area contributed by atoms with Crippen LogP contribution in [0, 0.1) is 0 Å². The molecular formula is C73H126O6. The molecule has 0 radical (unpaired) electrons. The van der Waals surface area contributed by atoms with Gasteiger partial charge in [-0.3, -0.25) is 14.4 Å². The lowest BCUT2D eigenvalue weighted by Gasteiger charge is -2.18. The number of ether oxygens (including phenoxy) is 3. The Morgan fingerprint density at radius 2 is 0.494 bits per heavy atom. The van der Waals surface area contributed by atoms with Crippen molar-refractivity contribution in [3.8, 4) is 0 Å². The minimum Gasteiger partial charge on any atom is -0.462 e. The van der Waals surface area contributed by atoms with Crippen LogP contribution in [0.25, 0.3) is 0 Å². The van der Waals surface area contributed by atoms with Crippen LogP contribution in [0.2, 0.25) is 0 Å². The zero-order valence-electron chi connectivity index (χ0n) is 52.1. The summed E-state index contributed by atoms with van der Waals surface area (Å²) in [5.41, 5.74) is 0. The molecule has 0 bridgehead atoms. The summed E-state index contributed by atoms with van der Waals surface area (Å²) in [5, 5.41) is 0. The maximum Gasteiger partial charge on any atom is 0.306 e. The number of unbranched alkanes of at least 4 members (excludes halogenated alkanes) is 34. The van der Waals surface area contributed by atoms with E-state index < -0.39 is 6.10 Å². The second-order valence-electron chi connectivity index (χ2n) is 22.3. The van der Waals surface area contributed by atoms with E-state index in [4.69, 9.17) is 14.2 Å². The predicted octanol–water partition coefficient (Wildman–Crippen LogP) is 23.2. The molecule has 454 valence electrons. The summed E-state index contributed by atoms with van der Waals surface area (Å²) >= 11 is 0. The molecule has 1 atom stereocenters. The molecule has 0 aromatic rings. The molecule has 6 nitrogen and oxygen atoms in total. The average molecular weight is 1100 g/mol. The molecule has 79 heavy (non-hydrogen) atoms. The van der Waals surface area contributed by atoms with Crippen molar-refractivity contribution < 1.29 is 28.6 Å². The Hall–Kier alpha value is -3.67. The third-order valence-electron chi connectivity index (χ3n) is 14.6. The van der Waals surface area contributed by atoms with Crippen LogP contribution in [-0.2, 0) is 28.6 Å². The van der Waals surface area contributed by atoms with E-state index in [-0.39, 0.29) is 31.1 Å². The van der Waals surface area contributed by atoms with Crippen LogP contribution in [-0.4, -0.2) is 37.2 Å². The van der Waals surface area contributed by atoms with Gasteiger partial charge < -0.3 is 14.2 Å². The maximum atomic E-state index is 12.9. The summed E-state index contributed by atoms with van der Waals surface area (Å²) in [6.07, 6.45) is 90.0. The van der Waals surface area contributed by atoms with Gasteiger partial charge in [0.2, 0.25) is 0 Å². The van der Waals surface area contributed by atoms with Crippen LogP contribution in [0.5, 0.6) is 0 Å². The quantitative estimate of drug-likeness (QED) is 0.0261. The highest BCUT2D eigenvalue weighted by atomic mass is 16.6. The Morgan fingerprint density at radius 3 is 0.785 bits per heavy atom. The average Bonchev–Trinajstić information content (AvgIpc) is 3.45. The van der Waals surface area contributed by atoms with Gasteiger partial charge in [-0.05, 0) is 96.3 Å². The standard InChI is InChI=1S/C73H126O6/c1-4-7-10-13-16-19-22-25-27-29-31-32-33-34-35-36-37-38-39-40-42-43-45-48-51-54-57-60-63-66-72(75)78-69-70(68-77-71(74)65-62-59-56-53-50-47-24-21-18-15-12-9-6-3)79-73(76)67-64-61-58-55-52-49-46-44-41-30-28-26-23-20-17-14-11-8-5-2/h7,9-10,12,16,18-19,21,25,27,31-32,34-35,47,50,70H,4-6,8,11,13-15,17,20,22-24,26,28-30,33,36-46,48-49,51-69H2,1-3H3/b10-7-,12-9-,19-16-,21-18-,27-25-,32-31-,35-34-,50-47-. The topological polar surface area (TPSA) is 78.9 Å². The summed E-state index contributed by atoms with van der Waals surface area (Å²) in [4.78, 5) is 38.3. The molecule has 6 heteroatoms. The van der Waals surface area contributed by atoms with Crippen LogP contribution >= 0.6 is 0 Å². The first-order valence-electron chi connectivity index (χ1n) is 33.7. The lowest BCUT2D eigenvalue weighted by Crippen LogP contribution is -2.30. The Morgan fingerprint density at radius 1 is 0.266 bits per heavy atom. The fourth-order valence-corrected chi connectivity index (χ4v) is 9.60. The first-order chi connectivity index (χ1) is 39.0. The summed E-state index contributed by atoms with van der Waals surface area (Å²) in [7, 11) is 0. The van der Waals surface area contributed by atoms with Crippen molar-refractivity contribution in [1.29, 1.82) is 0 Å². The molecule has 0 aliphatic rings. The van der Waals surface area contributed by atoms with Crippen LogP contribution in [0.15, 0.2) is 97.2 Å². The van der Waals surface area contributed by atoms with Crippen molar-refractivity contribution >= 4 is 17.9 Å². The van der Waals surface area contributed by atoms with E-state index in [9.17, 15) is 14.4 Å². The van der Waals surface area contributed by atoms with E-state index in [0.717, 1.165) is 116 Å². The lowest BCUT2D eigenvalue weighted by atomic mass is 10.0. The molecule has 0 amide bonds. The van der Waals surface area contributed by atoms with Crippen molar-refractivity contribution in [2.75, 3.05) is 13.2 Å². The number of carbonyl (C=O) groups excluding carboxylic acids is 3. The zero-order chi connectivity index (χ0) is 57.1. The normalized spacial score (nSPS) is 12.7. The Kier molecular flexibility index (Phi) is 63.7. The Bertz CT molecular complexity index is 1540. The molecular weight excluding hydrogens is 973 g/mol. The summed E-state index contributed by atoms with van der Waals surface area (Å²) in [5.74, 6) is -0.900. The highest BCUT2D eigenvalue weighted by molar-refractivity contribution is 5.71. The Balaban J connectivity index is 4.26. The smallest absolute Gasteiger partial charge is 0.306 e. The molecule has 0 saturated heterocycles. The monoisotopic (exact) mass is 1100 g/mol. The van der Waals surface area contributed by atoms with E-state index in [1.165, 1.54) is 173 Å². The fraction of sp³-hybridized carbons (Fsp3) is 0.740. The maximum absolute atomic E-state index is 12.9. The fourth-order valence-electron chi connectivity index (χ4n) is 9.60. The van der Waals surface area contributed by atoms with Crippen molar-refractivity contribution in [3.63, 3.8) is 0 Å². The van der Waals surface area contributed by atoms with Gasteiger partial charge in [-0.2, -0.15) is 0 Å². The van der Waals surface area contributed by atoms with Crippen LogP contribution in [0.3, 0.4) is 0 Å². The van der Waals surface area contributed by atoms with Gasteiger partial charge in [-0.1, -0.05) is 311 Å². The van der Waals surface area contributed by atoms with Gasteiger partial charge in [0.25, 0.3) is 0 Å². The van der Waals surface area contributed by atoms with Crippen molar-refractivity contribution in [2.45, 2.75) is 335 Å². The number of hydrogen-bond acceptors (Lipinski definition) is 6. The van der Waals surface area contributed by atoms with Gasteiger partial charge in [0.1, 0.15) is 13.2 Å². The van der Waals surface area contributed by atoms with E-state index in [2.05, 4.69) is 118 Å². The molecule has 0 aliphatic heterocycles. The molecule has 0 aliphatic carbocycles. The molecule has 0 rings (SSSR count). The van der Waals surface area contributed by atoms with Crippen molar-refractivity contribution in [1.82, 2.24) is 0 Å². The van der Waals surface area contributed by atoms with Gasteiger partial charge in [0.15, 0.2) is 6.10 Å². The number of hydrogen-bond donors (Lipinski definition) is 0. The van der Waals surface area contributed by atoms with E-state index >= 15 is 0 Å². The lowest BCUT2D eigenvalue weighted by molar-refractivity contribution is -0.167. The van der Waals surface area contributed by atoms with Gasteiger partial charge in [-0.25, -0.2) is 0 Å². The van der Waals surface area contributed by atoms with Crippen LogP contribution < -0.4 is 0 Å². The first-order valence-corrected chi connectivity index (χ1v) is 33.7.